The van der Waals surface area contributed by atoms with E-state index in [9.17, 15) is 4.39 Å². The molecular weight excluding hydrogens is 398 g/mol. The second-order valence-electron chi connectivity index (χ2n) is 5.93. The fourth-order valence-electron chi connectivity index (χ4n) is 2.69. The molecule has 0 spiro atoms. The molecule has 28 heavy (non-hydrogen) atoms. The predicted octanol–water partition coefficient (Wildman–Crippen LogP) is 6.19. The quantitative estimate of drug-likeness (QED) is 0.322. The molecule has 1 heterocycles. The molecule has 0 saturated carbocycles. The minimum Gasteiger partial charge on any atom is -0.261 e. The highest BCUT2D eigenvalue weighted by atomic mass is 35.5. The van der Waals surface area contributed by atoms with Gasteiger partial charge in [0, 0.05) is 16.0 Å². The van der Waals surface area contributed by atoms with Gasteiger partial charge in [0.1, 0.15) is 5.82 Å². The molecule has 7 heteroatoms. The van der Waals surface area contributed by atoms with E-state index in [0.717, 1.165) is 5.39 Å². The Hall–Kier alpha value is -3.02. The summed E-state index contributed by atoms with van der Waals surface area (Å²) in [6.07, 6.45) is 1.57. The van der Waals surface area contributed by atoms with Crippen LogP contribution in [0.3, 0.4) is 0 Å². The number of hydrogen-bond donors (Lipinski definition) is 1. The number of hydrazone groups is 1. The van der Waals surface area contributed by atoms with E-state index in [0.29, 0.717) is 32.5 Å². The SMILES string of the molecule is Fc1ccccc1-c1nc(N/N=C/c2ccc(Cl)cc2Cl)c2ccccc2n1. The molecule has 138 valence electrons. The first-order valence-corrected chi connectivity index (χ1v) is 9.13. The smallest absolute Gasteiger partial charge is 0.165 e. The van der Waals surface area contributed by atoms with E-state index in [4.69, 9.17) is 23.2 Å². The number of halogens is 3. The normalized spacial score (nSPS) is 11.2. The number of rotatable bonds is 4. The van der Waals surface area contributed by atoms with E-state index in [1.54, 1.807) is 42.6 Å². The number of nitrogens with zero attached hydrogens (tertiary/aromatic N) is 3. The van der Waals surface area contributed by atoms with Crippen molar-refractivity contribution < 1.29 is 4.39 Å². The van der Waals surface area contributed by atoms with Crippen LogP contribution in [0, 0.1) is 5.82 Å². The Morgan fingerprint density at radius 1 is 0.929 bits per heavy atom. The van der Waals surface area contributed by atoms with Gasteiger partial charge >= 0.3 is 0 Å². The fraction of sp³-hybridized carbons (Fsp3) is 0. The maximum Gasteiger partial charge on any atom is 0.165 e. The molecular formula is C21H13Cl2FN4. The third-order valence-electron chi connectivity index (χ3n) is 4.05. The summed E-state index contributed by atoms with van der Waals surface area (Å²) in [5.41, 5.74) is 4.61. The van der Waals surface area contributed by atoms with E-state index in [-0.39, 0.29) is 11.6 Å². The van der Waals surface area contributed by atoms with Gasteiger partial charge in [0.25, 0.3) is 0 Å². The summed E-state index contributed by atoms with van der Waals surface area (Å²) in [5, 5.41) is 6.02. The topological polar surface area (TPSA) is 50.2 Å². The first-order valence-electron chi connectivity index (χ1n) is 8.37. The molecule has 4 nitrogen and oxygen atoms in total. The van der Waals surface area contributed by atoms with Gasteiger partial charge in [0.15, 0.2) is 11.6 Å². The second-order valence-corrected chi connectivity index (χ2v) is 6.77. The Kier molecular flexibility index (Phi) is 5.19. The molecule has 4 rings (SSSR count). The summed E-state index contributed by atoms with van der Waals surface area (Å²) in [6, 6.07) is 19.0. The number of anilines is 1. The maximum atomic E-state index is 14.2. The van der Waals surface area contributed by atoms with Crippen molar-refractivity contribution in [3.05, 3.63) is 88.2 Å². The van der Waals surface area contributed by atoms with Gasteiger partial charge in [-0.3, -0.25) is 5.43 Å². The lowest BCUT2D eigenvalue weighted by Crippen LogP contribution is -2.00. The van der Waals surface area contributed by atoms with E-state index in [1.165, 1.54) is 6.07 Å². The standard InChI is InChI=1S/C21H13Cl2FN4/c22-14-10-9-13(17(23)11-14)12-25-28-21-16-6-2-4-8-19(16)26-20(27-21)15-5-1-3-7-18(15)24/h1-12H,(H,26,27,28)/b25-12+. The zero-order valence-corrected chi connectivity index (χ0v) is 15.9. The minimum absolute atomic E-state index is 0.277. The zero-order valence-electron chi connectivity index (χ0n) is 14.4. The van der Waals surface area contributed by atoms with Gasteiger partial charge in [-0.05, 0) is 36.4 Å². The van der Waals surface area contributed by atoms with E-state index < -0.39 is 0 Å². The molecule has 0 radical (unpaired) electrons. The molecule has 0 amide bonds. The number of hydrogen-bond acceptors (Lipinski definition) is 4. The van der Waals surface area contributed by atoms with Gasteiger partial charge in [-0.25, -0.2) is 14.4 Å². The van der Waals surface area contributed by atoms with Gasteiger partial charge in [0.05, 0.1) is 22.3 Å². The first-order chi connectivity index (χ1) is 13.6. The molecule has 0 aliphatic carbocycles. The Balaban J connectivity index is 1.73. The largest absolute Gasteiger partial charge is 0.261 e. The molecule has 0 aliphatic rings. The van der Waals surface area contributed by atoms with Gasteiger partial charge in [-0.1, -0.05) is 53.5 Å². The average Bonchev–Trinajstić information content (AvgIpc) is 2.70. The molecule has 1 aromatic heterocycles. The van der Waals surface area contributed by atoms with Crippen molar-refractivity contribution in [3.8, 4) is 11.4 Å². The van der Waals surface area contributed by atoms with Crippen LogP contribution in [0.2, 0.25) is 10.0 Å². The minimum atomic E-state index is -0.389. The van der Waals surface area contributed by atoms with Crippen LogP contribution in [0.5, 0.6) is 0 Å². The second kappa shape index (κ2) is 7.92. The number of fused-ring (bicyclic) bond motifs is 1. The van der Waals surface area contributed by atoms with Crippen LogP contribution >= 0.6 is 23.2 Å². The highest BCUT2D eigenvalue weighted by Gasteiger charge is 2.12. The van der Waals surface area contributed by atoms with E-state index >= 15 is 0 Å². The Morgan fingerprint density at radius 2 is 1.71 bits per heavy atom. The first kappa shape index (κ1) is 18.3. The Labute approximate surface area is 170 Å². The van der Waals surface area contributed by atoms with E-state index in [2.05, 4.69) is 20.5 Å². The number of benzene rings is 3. The third-order valence-corrected chi connectivity index (χ3v) is 4.62. The Bertz CT molecular complexity index is 1190. The molecule has 0 atom stereocenters. The molecule has 4 aromatic rings. The van der Waals surface area contributed by atoms with Crippen molar-refractivity contribution in [2.24, 2.45) is 5.10 Å². The van der Waals surface area contributed by atoms with Crippen molar-refractivity contribution in [1.29, 1.82) is 0 Å². The van der Waals surface area contributed by atoms with Crippen LogP contribution < -0.4 is 5.43 Å². The lowest BCUT2D eigenvalue weighted by atomic mass is 10.1. The van der Waals surface area contributed by atoms with Crippen LogP contribution in [-0.4, -0.2) is 16.2 Å². The van der Waals surface area contributed by atoms with Crippen LogP contribution in [0.4, 0.5) is 10.2 Å². The molecule has 0 bridgehead atoms. The summed E-state index contributed by atoms with van der Waals surface area (Å²) in [5.74, 6) is 0.351. The highest BCUT2D eigenvalue weighted by molar-refractivity contribution is 6.36. The maximum absolute atomic E-state index is 14.2. The lowest BCUT2D eigenvalue weighted by molar-refractivity contribution is 0.630. The van der Waals surface area contributed by atoms with Crippen LogP contribution in [-0.2, 0) is 0 Å². The molecule has 0 aliphatic heterocycles. The third kappa shape index (κ3) is 3.81. The van der Waals surface area contributed by atoms with Gasteiger partial charge in [-0.2, -0.15) is 5.10 Å². The molecule has 0 saturated heterocycles. The van der Waals surface area contributed by atoms with Crippen LogP contribution in [0.1, 0.15) is 5.56 Å². The summed E-state index contributed by atoms with van der Waals surface area (Å²) in [4.78, 5) is 8.95. The average molecular weight is 411 g/mol. The van der Waals surface area contributed by atoms with Crippen LogP contribution in [0.15, 0.2) is 71.8 Å². The van der Waals surface area contributed by atoms with Crippen molar-refractivity contribution in [2.45, 2.75) is 0 Å². The zero-order chi connectivity index (χ0) is 19.5. The highest BCUT2D eigenvalue weighted by Crippen LogP contribution is 2.26. The summed E-state index contributed by atoms with van der Waals surface area (Å²) < 4.78 is 14.2. The predicted molar refractivity (Wildman–Crippen MR) is 113 cm³/mol. The van der Waals surface area contributed by atoms with Gasteiger partial charge in [-0.15, -0.1) is 0 Å². The van der Waals surface area contributed by atoms with Gasteiger partial charge in [0.2, 0.25) is 0 Å². The Morgan fingerprint density at radius 3 is 2.54 bits per heavy atom. The number of nitrogens with one attached hydrogen (secondary N) is 1. The van der Waals surface area contributed by atoms with Crippen LogP contribution in [0.25, 0.3) is 22.3 Å². The molecule has 0 fully saturated rings. The molecule has 3 aromatic carbocycles. The van der Waals surface area contributed by atoms with E-state index in [1.807, 2.05) is 24.3 Å². The van der Waals surface area contributed by atoms with Crippen molar-refractivity contribution in [3.63, 3.8) is 0 Å². The summed E-state index contributed by atoms with van der Waals surface area (Å²) >= 11 is 12.1. The molecule has 1 N–H and O–H groups in total. The molecule has 0 unspecified atom stereocenters. The summed E-state index contributed by atoms with van der Waals surface area (Å²) in [7, 11) is 0. The van der Waals surface area contributed by atoms with Crippen molar-refractivity contribution >= 4 is 46.1 Å². The van der Waals surface area contributed by atoms with Crippen molar-refractivity contribution in [2.75, 3.05) is 5.43 Å². The fourth-order valence-corrected chi connectivity index (χ4v) is 3.15. The number of para-hydroxylation sites is 1. The van der Waals surface area contributed by atoms with Gasteiger partial charge < -0.3 is 0 Å². The summed E-state index contributed by atoms with van der Waals surface area (Å²) in [6.45, 7) is 0. The number of aromatic nitrogens is 2. The lowest BCUT2D eigenvalue weighted by Gasteiger charge is -2.09. The monoisotopic (exact) mass is 410 g/mol. The van der Waals surface area contributed by atoms with Crippen molar-refractivity contribution in [1.82, 2.24) is 9.97 Å².